The van der Waals surface area contributed by atoms with Crippen molar-refractivity contribution in [1.82, 2.24) is 9.47 Å². The van der Waals surface area contributed by atoms with E-state index >= 15 is 0 Å². The zero-order valence-electron chi connectivity index (χ0n) is 21.1. The molecular weight excluding hydrogens is 467 g/mol. The van der Waals surface area contributed by atoms with E-state index in [1.807, 2.05) is 87.6 Å². The van der Waals surface area contributed by atoms with Crippen LogP contribution in [0.3, 0.4) is 0 Å². The number of hydrogen-bond donors (Lipinski definition) is 1. The maximum absolute atomic E-state index is 14.1. The Balaban J connectivity index is 1.51. The van der Waals surface area contributed by atoms with E-state index in [9.17, 15) is 14.0 Å². The second-order valence-corrected chi connectivity index (χ2v) is 9.53. The normalized spacial score (nSPS) is 14.2. The van der Waals surface area contributed by atoms with Gasteiger partial charge in [0.25, 0.3) is 0 Å². The lowest BCUT2D eigenvalue weighted by molar-refractivity contribution is -0.119. The highest BCUT2D eigenvalue weighted by atomic mass is 19.1. The van der Waals surface area contributed by atoms with Crippen molar-refractivity contribution in [3.63, 3.8) is 0 Å². The molecule has 0 spiro atoms. The molecule has 1 aliphatic heterocycles. The topological polar surface area (TPSA) is 57.6 Å². The third-order valence-electron chi connectivity index (χ3n) is 6.67. The summed E-state index contributed by atoms with van der Waals surface area (Å²) in [6.07, 6.45) is 1.96. The molecule has 3 amide bonds. The van der Waals surface area contributed by atoms with Gasteiger partial charge in [0, 0.05) is 17.9 Å². The molecule has 5 rings (SSSR count). The van der Waals surface area contributed by atoms with Crippen molar-refractivity contribution in [1.29, 1.82) is 0 Å². The summed E-state index contributed by atoms with van der Waals surface area (Å²) in [7, 11) is 0. The number of fused-ring (bicyclic) bond motifs is 3. The third-order valence-corrected chi connectivity index (χ3v) is 6.67. The number of halogens is 1. The molecule has 0 saturated carbocycles. The van der Waals surface area contributed by atoms with E-state index in [-0.39, 0.29) is 30.3 Å². The van der Waals surface area contributed by atoms with Gasteiger partial charge in [-0.25, -0.2) is 9.18 Å². The fraction of sp³-hybridized carbons (Fsp3) is 0.200. The van der Waals surface area contributed by atoms with Crippen LogP contribution in [0.25, 0.3) is 5.69 Å². The smallest absolute Gasteiger partial charge is 0.316 e. The number of aryl methyl sites for hydroxylation is 1. The van der Waals surface area contributed by atoms with Crippen LogP contribution in [0.4, 0.5) is 20.6 Å². The maximum atomic E-state index is 14.1. The van der Waals surface area contributed by atoms with E-state index in [1.165, 1.54) is 17.0 Å². The van der Waals surface area contributed by atoms with Crippen molar-refractivity contribution in [3.8, 4) is 5.69 Å². The van der Waals surface area contributed by atoms with Crippen LogP contribution in [0.1, 0.15) is 36.7 Å². The summed E-state index contributed by atoms with van der Waals surface area (Å²) in [6, 6.07) is 24.3. The monoisotopic (exact) mass is 496 g/mol. The average Bonchev–Trinajstić information content (AvgIpc) is 3.38. The fourth-order valence-electron chi connectivity index (χ4n) is 4.77. The van der Waals surface area contributed by atoms with Gasteiger partial charge in [0.1, 0.15) is 18.4 Å². The molecule has 1 aromatic heterocycles. The summed E-state index contributed by atoms with van der Waals surface area (Å²) in [5, 5.41) is 2.91. The predicted molar refractivity (Wildman–Crippen MR) is 144 cm³/mol. The standard InChI is InChI=1S/C30H29FN4O2/c1-20(2)34(30(37)32-24-16-10-21(3)11-17-24)19-28(36)35-26-8-5-4-7-25(26)33-18-6-9-27(33)29(35)22-12-14-23(31)15-13-22/h4-18,20,29H,19H2,1-3H3,(H,32,37). The minimum atomic E-state index is -0.479. The summed E-state index contributed by atoms with van der Waals surface area (Å²) in [4.78, 5) is 30.6. The molecule has 0 aliphatic carbocycles. The molecular formula is C30H29FN4O2. The highest BCUT2D eigenvalue weighted by molar-refractivity contribution is 6.01. The van der Waals surface area contributed by atoms with Crippen molar-refractivity contribution < 1.29 is 14.0 Å². The molecule has 188 valence electrons. The quantitative estimate of drug-likeness (QED) is 0.352. The van der Waals surface area contributed by atoms with E-state index in [0.29, 0.717) is 5.69 Å². The number of amides is 3. The van der Waals surface area contributed by atoms with Crippen LogP contribution in [-0.4, -0.2) is 34.0 Å². The summed E-state index contributed by atoms with van der Waals surface area (Å²) < 4.78 is 15.9. The van der Waals surface area contributed by atoms with Gasteiger partial charge >= 0.3 is 6.03 Å². The first-order valence-corrected chi connectivity index (χ1v) is 12.3. The first-order chi connectivity index (χ1) is 17.8. The van der Waals surface area contributed by atoms with Crippen LogP contribution in [0.2, 0.25) is 0 Å². The molecule has 2 heterocycles. The number of anilines is 2. The van der Waals surface area contributed by atoms with Crippen molar-refractivity contribution in [2.45, 2.75) is 32.9 Å². The van der Waals surface area contributed by atoms with Crippen LogP contribution < -0.4 is 10.2 Å². The number of rotatable bonds is 5. The summed E-state index contributed by atoms with van der Waals surface area (Å²) in [6.45, 7) is 5.63. The number of aromatic nitrogens is 1. The molecule has 3 aromatic carbocycles. The Morgan fingerprint density at radius 2 is 1.59 bits per heavy atom. The van der Waals surface area contributed by atoms with Gasteiger partial charge in [-0.05, 0) is 74.9 Å². The van der Waals surface area contributed by atoms with Crippen LogP contribution in [-0.2, 0) is 4.79 Å². The second-order valence-electron chi connectivity index (χ2n) is 9.53. The second kappa shape index (κ2) is 9.93. The lowest BCUT2D eigenvalue weighted by Crippen LogP contribution is -2.49. The van der Waals surface area contributed by atoms with E-state index < -0.39 is 6.04 Å². The van der Waals surface area contributed by atoms with Gasteiger partial charge in [0.05, 0.1) is 17.1 Å². The molecule has 0 bridgehead atoms. The molecule has 1 N–H and O–H groups in total. The Hall–Kier alpha value is -4.39. The number of hydrogen-bond acceptors (Lipinski definition) is 2. The molecule has 7 heteroatoms. The van der Waals surface area contributed by atoms with Crippen LogP contribution in [0, 0.1) is 12.7 Å². The Labute approximate surface area is 215 Å². The number of carbonyl (C=O) groups is 2. The van der Waals surface area contributed by atoms with Gasteiger partial charge in [-0.15, -0.1) is 0 Å². The van der Waals surface area contributed by atoms with Crippen LogP contribution in [0.15, 0.2) is 91.1 Å². The summed E-state index contributed by atoms with van der Waals surface area (Å²) >= 11 is 0. The Kier molecular flexibility index (Phi) is 6.53. The molecule has 4 aromatic rings. The first-order valence-electron chi connectivity index (χ1n) is 12.3. The van der Waals surface area contributed by atoms with Gasteiger partial charge in [-0.3, -0.25) is 9.69 Å². The number of nitrogens with zero attached hydrogens (tertiary/aromatic N) is 3. The minimum Gasteiger partial charge on any atom is -0.316 e. The lowest BCUT2D eigenvalue weighted by atomic mass is 9.97. The predicted octanol–water partition coefficient (Wildman–Crippen LogP) is 6.30. The average molecular weight is 497 g/mol. The highest BCUT2D eigenvalue weighted by Crippen LogP contribution is 2.42. The van der Waals surface area contributed by atoms with Gasteiger partial charge in [0.15, 0.2) is 0 Å². The molecule has 0 fully saturated rings. The minimum absolute atomic E-state index is 0.123. The number of urea groups is 1. The Bertz CT molecular complexity index is 1430. The molecule has 1 atom stereocenters. The van der Waals surface area contributed by atoms with Crippen molar-refractivity contribution in [2.24, 2.45) is 0 Å². The maximum Gasteiger partial charge on any atom is 0.322 e. The molecule has 0 radical (unpaired) electrons. The highest BCUT2D eigenvalue weighted by Gasteiger charge is 2.37. The Morgan fingerprint density at radius 1 is 0.919 bits per heavy atom. The largest absolute Gasteiger partial charge is 0.322 e. The number of benzene rings is 3. The van der Waals surface area contributed by atoms with Crippen molar-refractivity contribution >= 4 is 23.3 Å². The van der Waals surface area contributed by atoms with Gasteiger partial charge in [-0.1, -0.05) is 42.0 Å². The zero-order valence-corrected chi connectivity index (χ0v) is 21.1. The first kappa shape index (κ1) is 24.3. The van der Waals surface area contributed by atoms with Crippen LogP contribution in [0.5, 0.6) is 0 Å². The number of para-hydroxylation sites is 2. The van der Waals surface area contributed by atoms with Crippen molar-refractivity contribution in [2.75, 3.05) is 16.8 Å². The lowest BCUT2D eigenvalue weighted by Gasteiger charge is -2.40. The third kappa shape index (κ3) is 4.72. The van der Waals surface area contributed by atoms with E-state index in [2.05, 4.69) is 9.88 Å². The van der Waals surface area contributed by atoms with E-state index in [4.69, 9.17) is 0 Å². The van der Waals surface area contributed by atoms with Gasteiger partial charge in [-0.2, -0.15) is 0 Å². The fourth-order valence-corrected chi connectivity index (χ4v) is 4.77. The van der Waals surface area contributed by atoms with Crippen molar-refractivity contribution in [3.05, 3.63) is 114 Å². The number of nitrogens with one attached hydrogen (secondary N) is 1. The summed E-state index contributed by atoms with van der Waals surface area (Å²) in [5.41, 5.74) is 5.03. The number of carbonyl (C=O) groups excluding carboxylic acids is 2. The summed E-state index contributed by atoms with van der Waals surface area (Å²) in [5.74, 6) is -0.575. The molecule has 37 heavy (non-hydrogen) atoms. The Morgan fingerprint density at radius 3 is 2.27 bits per heavy atom. The van der Waals surface area contributed by atoms with E-state index in [0.717, 1.165) is 28.2 Å². The van der Waals surface area contributed by atoms with E-state index in [1.54, 1.807) is 17.0 Å². The zero-order chi connectivity index (χ0) is 26.1. The molecule has 1 unspecified atom stereocenters. The molecule has 1 aliphatic rings. The molecule has 6 nitrogen and oxygen atoms in total. The van der Waals surface area contributed by atoms with Crippen LogP contribution >= 0.6 is 0 Å². The molecule has 0 saturated heterocycles. The van der Waals surface area contributed by atoms with Gasteiger partial charge in [0.2, 0.25) is 5.91 Å². The SMILES string of the molecule is Cc1ccc(NC(=O)N(CC(=O)N2c3ccccc3-n3cccc3C2c2ccc(F)cc2)C(C)C)cc1. The van der Waals surface area contributed by atoms with Gasteiger partial charge < -0.3 is 14.8 Å².